The van der Waals surface area contributed by atoms with Gasteiger partial charge in [-0.15, -0.1) is 0 Å². The minimum absolute atomic E-state index is 0.0154. The first kappa shape index (κ1) is 16.3. The van der Waals surface area contributed by atoms with Crippen LogP contribution in [0.15, 0.2) is 24.3 Å². The van der Waals surface area contributed by atoms with Crippen LogP contribution in [0.5, 0.6) is 0 Å². The highest BCUT2D eigenvalue weighted by molar-refractivity contribution is 5.27. The molecule has 0 amide bonds. The summed E-state index contributed by atoms with van der Waals surface area (Å²) in [6, 6.07) is 5.45. The fraction of sp³-hybridized carbons (Fsp3) is 0.625. The van der Waals surface area contributed by atoms with Crippen LogP contribution in [-0.2, 0) is 6.18 Å². The molecule has 2 unspecified atom stereocenters. The van der Waals surface area contributed by atoms with Crippen molar-refractivity contribution in [1.82, 2.24) is 4.90 Å². The maximum absolute atomic E-state index is 12.6. The third-order valence-electron chi connectivity index (χ3n) is 4.41. The minimum Gasteiger partial charge on any atom is -0.329 e. The van der Waals surface area contributed by atoms with Crippen molar-refractivity contribution in [2.45, 2.75) is 38.4 Å². The van der Waals surface area contributed by atoms with Crippen LogP contribution >= 0.6 is 0 Å². The number of benzene rings is 1. The molecule has 0 aliphatic carbocycles. The van der Waals surface area contributed by atoms with Gasteiger partial charge in [-0.3, -0.25) is 4.90 Å². The van der Waals surface area contributed by atoms with E-state index in [0.717, 1.165) is 43.6 Å². The zero-order valence-electron chi connectivity index (χ0n) is 12.4. The number of halogens is 3. The van der Waals surface area contributed by atoms with Crippen LogP contribution in [0.3, 0.4) is 0 Å². The second-order valence-electron chi connectivity index (χ2n) is 5.78. The Bertz CT molecular complexity index is 442. The van der Waals surface area contributed by atoms with Crippen molar-refractivity contribution in [1.29, 1.82) is 0 Å². The maximum Gasteiger partial charge on any atom is 0.416 e. The largest absolute Gasteiger partial charge is 0.416 e. The van der Waals surface area contributed by atoms with E-state index >= 15 is 0 Å². The van der Waals surface area contributed by atoms with E-state index < -0.39 is 11.7 Å². The molecule has 21 heavy (non-hydrogen) atoms. The summed E-state index contributed by atoms with van der Waals surface area (Å²) in [6.07, 6.45) is -0.775. The number of hydrogen-bond acceptors (Lipinski definition) is 2. The molecule has 0 bridgehead atoms. The highest BCUT2D eigenvalue weighted by atomic mass is 19.4. The molecule has 2 atom stereocenters. The Morgan fingerprint density at radius 1 is 1.29 bits per heavy atom. The zero-order chi connectivity index (χ0) is 15.5. The highest BCUT2D eigenvalue weighted by Gasteiger charge is 2.31. The lowest BCUT2D eigenvalue weighted by molar-refractivity contribution is -0.137. The Balaban J connectivity index is 2.13. The molecule has 0 aromatic heterocycles. The van der Waals surface area contributed by atoms with Crippen LogP contribution in [0.25, 0.3) is 0 Å². The van der Waals surface area contributed by atoms with Crippen molar-refractivity contribution in [2.75, 3.05) is 19.6 Å². The van der Waals surface area contributed by atoms with Gasteiger partial charge in [0, 0.05) is 19.1 Å². The molecule has 1 aromatic rings. The highest BCUT2D eigenvalue weighted by Crippen LogP contribution is 2.32. The van der Waals surface area contributed by atoms with Crippen LogP contribution in [0.1, 0.15) is 43.4 Å². The number of nitrogens with two attached hydrogens (primary N) is 1. The van der Waals surface area contributed by atoms with Crippen molar-refractivity contribution in [3.63, 3.8) is 0 Å². The van der Waals surface area contributed by atoms with Crippen molar-refractivity contribution in [3.8, 4) is 0 Å². The molecule has 2 rings (SSSR count). The van der Waals surface area contributed by atoms with Crippen LogP contribution in [0.2, 0.25) is 0 Å². The summed E-state index contributed by atoms with van der Waals surface area (Å²) in [6.45, 7) is 4.57. The lowest BCUT2D eigenvalue weighted by atomic mass is 9.93. The summed E-state index contributed by atoms with van der Waals surface area (Å²) in [5.41, 5.74) is 6.16. The van der Waals surface area contributed by atoms with E-state index in [9.17, 15) is 13.2 Å². The van der Waals surface area contributed by atoms with Crippen molar-refractivity contribution < 1.29 is 13.2 Å². The van der Waals surface area contributed by atoms with Gasteiger partial charge in [-0.25, -0.2) is 0 Å². The summed E-state index contributed by atoms with van der Waals surface area (Å²) >= 11 is 0. The number of alkyl halides is 3. The molecule has 118 valence electrons. The number of nitrogens with zero attached hydrogens (tertiary/aromatic N) is 1. The SMILES string of the molecule is CCC1CCCN(C(CN)c2ccc(C(F)(F)F)cc2)C1. The second-order valence-corrected chi connectivity index (χ2v) is 5.78. The molecule has 1 fully saturated rings. The molecule has 0 radical (unpaired) electrons. The van der Waals surface area contributed by atoms with Gasteiger partial charge < -0.3 is 5.73 Å². The standard InChI is InChI=1S/C16H23F3N2/c1-2-12-4-3-9-21(11-12)15(10-20)13-5-7-14(8-6-13)16(17,18)19/h5-8,12,15H,2-4,9-11,20H2,1H3. The van der Waals surface area contributed by atoms with E-state index in [1.807, 2.05) is 0 Å². The Hall–Kier alpha value is -1.07. The molecule has 2 N–H and O–H groups in total. The van der Waals surface area contributed by atoms with Crippen LogP contribution in [-0.4, -0.2) is 24.5 Å². The summed E-state index contributed by atoms with van der Waals surface area (Å²) in [4.78, 5) is 2.32. The molecule has 1 aliphatic rings. The zero-order valence-corrected chi connectivity index (χ0v) is 12.4. The number of likely N-dealkylation sites (tertiary alicyclic amines) is 1. The molecule has 1 aliphatic heterocycles. The third-order valence-corrected chi connectivity index (χ3v) is 4.41. The van der Waals surface area contributed by atoms with Gasteiger partial charge in [-0.2, -0.15) is 13.2 Å². The van der Waals surface area contributed by atoms with Gasteiger partial charge in [0.2, 0.25) is 0 Å². The summed E-state index contributed by atoms with van der Waals surface area (Å²) in [7, 11) is 0. The number of rotatable bonds is 4. The van der Waals surface area contributed by atoms with E-state index in [2.05, 4.69) is 11.8 Å². The quantitative estimate of drug-likeness (QED) is 0.915. The first-order valence-electron chi connectivity index (χ1n) is 7.57. The molecular formula is C16H23F3N2. The monoisotopic (exact) mass is 300 g/mol. The topological polar surface area (TPSA) is 29.3 Å². The predicted octanol–water partition coefficient (Wildman–Crippen LogP) is 3.83. The molecule has 0 saturated carbocycles. The molecule has 1 aromatic carbocycles. The van der Waals surface area contributed by atoms with E-state index in [0.29, 0.717) is 12.5 Å². The Kier molecular flexibility index (Phi) is 5.27. The van der Waals surface area contributed by atoms with Gasteiger partial charge in [-0.05, 0) is 43.0 Å². The summed E-state index contributed by atoms with van der Waals surface area (Å²) < 4.78 is 37.9. The molecule has 1 heterocycles. The van der Waals surface area contributed by atoms with E-state index in [4.69, 9.17) is 5.73 Å². The average Bonchev–Trinajstić information content (AvgIpc) is 2.48. The van der Waals surface area contributed by atoms with E-state index in [1.54, 1.807) is 12.1 Å². The van der Waals surface area contributed by atoms with Crippen molar-refractivity contribution in [2.24, 2.45) is 11.7 Å². The smallest absolute Gasteiger partial charge is 0.329 e. The summed E-state index contributed by atoms with van der Waals surface area (Å²) in [5.74, 6) is 0.669. The lowest BCUT2D eigenvalue weighted by Crippen LogP contribution is -2.41. The molecule has 0 spiro atoms. The van der Waals surface area contributed by atoms with E-state index in [1.165, 1.54) is 6.42 Å². The number of hydrogen-bond donors (Lipinski definition) is 1. The number of piperidine rings is 1. The second kappa shape index (κ2) is 6.79. The Morgan fingerprint density at radius 3 is 2.48 bits per heavy atom. The molecular weight excluding hydrogens is 277 g/mol. The molecule has 2 nitrogen and oxygen atoms in total. The van der Waals surface area contributed by atoms with Gasteiger partial charge in [0.25, 0.3) is 0 Å². The summed E-state index contributed by atoms with van der Waals surface area (Å²) in [5, 5.41) is 0. The van der Waals surface area contributed by atoms with Gasteiger partial charge >= 0.3 is 6.18 Å². The van der Waals surface area contributed by atoms with Crippen LogP contribution in [0, 0.1) is 5.92 Å². The molecule has 1 saturated heterocycles. The van der Waals surface area contributed by atoms with E-state index in [-0.39, 0.29) is 6.04 Å². The van der Waals surface area contributed by atoms with Gasteiger partial charge in [0.1, 0.15) is 0 Å². The first-order valence-corrected chi connectivity index (χ1v) is 7.57. The Morgan fingerprint density at radius 2 is 1.95 bits per heavy atom. The minimum atomic E-state index is -4.28. The fourth-order valence-electron chi connectivity index (χ4n) is 3.10. The van der Waals surface area contributed by atoms with Crippen LogP contribution < -0.4 is 5.73 Å². The Labute approximate surface area is 124 Å². The first-order chi connectivity index (χ1) is 9.95. The average molecular weight is 300 g/mol. The lowest BCUT2D eigenvalue weighted by Gasteiger charge is -2.38. The third kappa shape index (κ3) is 3.98. The van der Waals surface area contributed by atoms with Gasteiger partial charge in [-0.1, -0.05) is 25.5 Å². The normalized spacial score (nSPS) is 22.2. The van der Waals surface area contributed by atoms with Crippen LogP contribution in [0.4, 0.5) is 13.2 Å². The van der Waals surface area contributed by atoms with Gasteiger partial charge in [0.05, 0.1) is 5.56 Å². The van der Waals surface area contributed by atoms with Gasteiger partial charge in [0.15, 0.2) is 0 Å². The maximum atomic E-state index is 12.6. The predicted molar refractivity (Wildman–Crippen MR) is 77.8 cm³/mol. The fourth-order valence-corrected chi connectivity index (χ4v) is 3.10. The van der Waals surface area contributed by atoms with Crippen molar-refractivity contribution in [3.05, 3.63) is 35.4 Å². The molecule has 5 heteroatoms. The van der Waals surface area contributed by atoms with Crippen molar-refractivity contribution >= 4 is 0 Å².